The number of nitrogens with zero attached hydrogens (tertiary/aromatic N) is 3. The van der Waals surface area contributed by atoms with Gasteiger partial charge in [0.2, 0.25) is 5.13 Å². The highest BCUT2D eigenvalue weighted by Gasteiger charge is 2.48. The van der Waals surface area contributed by atoms with Gasteiger partial charge in [0.05, 0.1) is 25.3 Å². The lowest BCUT2D eigenvalue weighted by molar-refractivity contribution is -0.132. The van der Waals surface area contributed by atoms with Crippen LogP contribution in [0.15, 0.2) is 89.3 Å². The van der Waals surface area contributed by atoms with Gasteiger partial charge >= 0.3 is 5.91 Å². The molecule has 1 N–H and O–H groups in total. The van der Waals surface area contributed by atoms with Gasteiger partial charge in [-0.2, -0.15) is 0 Å². The largest absolute Gasteiger partial charge is 0.507 e. The molecule has 1 aliphatic heterocycles. The van der Waals surface area contributed by atoms with E-state index in [0.717, 1.165) is 5.56 Å². The Kier molecular flexibility index (Phi) is 9.89. The zero-order chi connectivity index (χ0) is 31.2. The maximum absolute atomic E-state index is 13.6. The lowest BCUT2D eigenvalue weighted by atomic mass is 9.95. The Morgan fingerprint density at radius 2 is 1.86 bits per heavy atom. The minimum atomic E-state index is -1.03. The lowest BCUT2D eigenvalue weighted by Crippen LogP contribution is -2.29. The molecule has 4 aromatic rings. The predicted octanol–water partition coefficient (Wildman–Crippen LogP) is 7.08. The van der Waals surface area contributed by atoms with Gasteiger partial charge in [0.15, 0.2) is 15.8 Å². The first-order chi connectivity index (χ1) is 21.4. The maximum atomic E-state index is 13.6. The summed E-state index contributed by atoms with van der Waals surface area (Å²) in [6, 6.07) is 18.1. The van der Waals surface area contributed by atoms with E-state index in [4.69, 9.17) is 25.8 Å². The average molecular weight is 650 g/mol. The van der Waals surface area contributed by atoms with Crippen molar-refractivity contribution in [3.05, 3.63) is 107 Å². The number of rotatable bonds is 12. The highest BCUT2D eigenvalue weighted by atomic mass is 35.5. The first kappa shape index (κ1) is 31.1. The lowest BCUT2D eigenvalue weighted by Gasteiger charge is -2.23. The third kappa shape index (κ3) is 6.45. The Hall–Kier alpha value is -4.32. The fourth-order valence-electron chi connectivity index (χ4n) is 4.59. The molecule has 1 amide bonds. The van der Waals surface area contributed by atoms with Crippen LogP contribution in [0.3, 0.4) is 0 Å². The van der Waals surface area contributed by atoms with E-state index in [1.54, 1.807) is 48.5 Å². The monoisotopic (exact) mass is 649 g/mol. The van der Waals surface area contributed by atoms with Crippen LogP contribution in [0.1, 0.15) is 29.7 Å². The van der Waals surface area contributed by atoms with Crippen molar-refractivity contribution < 1.29 is 28.9 Å². The van der Waals surface area contributed by atoms with Crippen molar-refractivity contribution in [2.24, 2.45) is 0 Å². The summed E-state index contributed by atoms with van der Waals surface area (Å²) in [6.45, 7) is 6.13. The molecule has 44 heavy (non-hydrogen) atoms. The quantitative estimate of drug-likeness (QED) is 0.0430. The molecule has 2 heterocycles. The summed E-state index contributed by atoms with van der Waals surface area (Å²) in [5.41, 5.74) is 1.69. The number of aromatic nitrogens is 2. The molecular formula is C32H28ClN3O6S2. The van der Waals surface area contributed by atoms with Gasteiger partial charge in [0, 0.05) is 16.3 Å². The predicted molar refractivity (Wildman–Crippen MR) is 172 cm³/mol. The van der Waals surface area contributed by atoms with Crippen LogP contribution in [0.4, 0.5) is 5.13 Å². The fourth-order valence-corrected chi connectivity index (χ4v) is 6.75. The molecule has 0 saturated carbocycles. The summed E-state index contributed by atoms with van der Waals surface area (Å²) >= 11 is 8.89. The summed E-state index contributed by atoms with van der Waals surface area (Å²) in [7, 11) is 1.53. The van der Waals surface area contributed by atoms with Crippen molar-refractivity contribution in [1.29, 1.82) is 0 Å². The Bertz CT molecular complexity index is 1720. The molecule has 0 bridgehead atoms. The first-order valence-corrected chi connectivity index (χ1v) is 15.7. The van der Waals surface area contributed by atoms with Crippen molar-refractivity contribution >= 4 is 57.3 Å². The number of hydrogen-bond acceptors (Lipinski definition) is 10. The van der Waals surface area contributed by atoms with Crippen LogP contribution < -0.4 is 19.1 Å². The Morgan fingerprint density at radius 1 is 1.09 bits per heavy atom. The van der Waals surface area contributed by atoms with Crippen LogP contribution in [-0.2, 0) is 15.3 Å². The van der Waals surface area contributed by atoms with Crippen LogP contribution in [0.25, 0.3) is 5.76 Å². The third-order valence-corrected chi connectivity index (χ3v) is 9.13. The number of ether oxygens (including phenoxy) is 3. The number of aliphatic hydroxyl groups is 1. The standard InChI is InChI=1S/C32H28ClN3O6S2/c1-4-16-42-24-15-12-20(17-25(24)41-5-2)27-26(28(37)19-10-13-22(40-3)14-11-19)29(38)30(39)36(27)31-34-35-32(44-31)43-18-21-8-6-7-9-23(21)33/h4,6-15,17,27,37H,1,5,16,18H2,2-3H3. The first-order valence-electron chi connectivity index (χ1n) is 13.5. The molecule has 0 spiro atoms. The molecule has 1 saturated heterocycles. The van der Waals surface area contributed by atoms with Gasteiger partial charge < -0.3 is 19.3 Å². The molecule has 226 valence electrons. The van der Waals surface area contributed by atoms with Crippen LogP contribution in [0.2, 0.25) is 5.02 Å². The van der Waals surface area contributed by atoms with Gasteiger partial charge in [-0.1, -0.05) is 71.6 Å². The van der Waals surface area contributed by atoms with Gasteiger partial charge in [-0.05, 0) is 60.5 Å². The van der Waals surface area contributed by atoms with Gasteiger partial charge in [-0.3, -0.25) is 14.5 Å². The Balaban J connectivity index is 1.58. The molecule has 5 rings (SSSR count). The molecule has 9 nitrogen and oxygen atoms in total. The molecule has 1 aromatic heterocycles. The number of Topliss-reactive ketones (excluding diaryl/α,β-unsaturated/α-hetero) is 1. The second-order valence-corrected chi connectivity index (χ2v) is 12.0. The molecule has 1 atom stereocenters. The van der Waals surface area contributed by atoms with Crippen molar-refractivity contribution in [2.45, 2.75) is 23.1 Å². The number of benzene rings is 3. The molecule has 3 aromatic carbocycles. The Labute approximate surface area is 267 Å². The summed E-state index contributed by atoms with van der Waals surface area (Å²) in [6.07, 6.45) is 1.62. The van der Waals surface area contributed by atoms with Crippen molar-refractivity contribution in [2.75, 3.05) is 25.2 Å². The van der Waals surface area contributed by atoms with Crippen LogP contribution in [-0.4, -0.2) is 47.3 Å². The van der Waals surface area contributed by atoms with Gasteiger partial charge in [-0.15, -0.1) is 10.2 Å². The zero-order valence-corrected chi connectivity index (χ0v) is 26.2. The molecule has 1 unspecified atom stereocenters. The minimum absolute atomic E-state index is 0.0946. The number of aliphatic hydroxyl groups excluding tert-OH is 1. The van der Waals surface area contributed by atoms with E-state index in [-0.39, 0.29) is 23.1 Å². The average Bonchev–Trinajstić information content (AvgIpc) is 3.61. The van der Waals surface area contributed by atoms with Gasteiger partial charge in [0.25, 0.3) is 5.78 Å². The maximum Gasteiger partial charge on any atom is 0.301 e. The summed E-state index contributed by atoms with van der Waals surface area (Å²) < 4.78 is 17.4. The van der Waals surface area contributed by atoms with E-state index >= 15 is 0 Å². The normalized spacial score (nSPS) is 15.8. The minimum Gasteiger partial charge on any atom is -0.507 e. The Morgan fingerprint density at radius 3 is 2.57 bits per heavy atom. The van der Waals surface area contributed by atoms with Crippen LogP contribution in [0.5, 0.6) is 17.2 Å². The molecule has 0 radical (unpaired) electrons. The van der Waals surface area contributed by atoms with Gasteiger partial charge in [-0.25, -0.2) is 0 Å². The topological polar surface area (TPSA) is 111 Å². The number of carbonyl (C=O) groups excluding carboxylic acids is 2. The number of methoxy groups -OCH3 is 1. The number of halogens is 1. The highest BCUT2D eigenvalue weighted by Crippen LogP contribution is 2.46. The second-order valence-electron chi connectivity index (χ2n) is 9.37. The van der Waals surface area contributed by atoms with E-state index in [1.165, 1.54) is 35.1 Å². The van der Waals surface area contributed by atoms with E-state index in [1.807, 2.05) is 31.2 Å². The highest BCUT2D eigenvalue weighted by molar-refractivity contribution is 8.00. The number of thioether (sulfide) groups is 1. The number of carbonyl (C=O) groups is 2. The van der Waals surface area contributed by atoms with Crippen molar-refractivity contribution in [3.8, 4) is 17.2 Å². The zero-order valence-electron chi connectivity index (χ0n) is 23.9. The third-order valence-electron chi connectivity index (χ3n) is 6.66. The number of hydrogen-bond donors (Lipinski definition) is 1. The summed E-state index contributed by atoms with van der Waals surface area (Å²) in [5, 5.41) is 20.9. The molecule has 12 heteroatoms. The van der Waals surface area contributed by atoms with Crippen molar-refractivity contribution in [1.82, 2.24) is 10.2 Å². The molecule has 1 aliphatic rings. The van der Waals surface area contributed by atoms with Gasteiger partial charge in [0.1, 0.15) is 18.1 Å². The fraction of sp³-hybridized carbons (Fsp3) is 0.188. The smallest absolute Gasteiger partial charge is 0.301 e. The van der Waals surface area contributed by atoms with Crippen LogP contribution >= 0.6 is 34.7 Å². The number of amides is 1. The number of anilines is 1. The second kappa shape index (κ2) is 14.0. The number of ketones is 1. The van der Waals surface area contributed by atoms with Crippen molar-refractivity contribution in [3.63, 3.8) is 0 Å². The molecule has 0 aliphatic carbocycles. The molecular weight excluding hydrogens is 622 g/mol. The van der Waals surface area contributed by atoms with Crippen LogP contribution in [0, 0.1) is 0 Å². The molecule has 1 fully saturated rings. The van der Waals surface area contributed by atoms with E-state index < -0.39 is 17.7 Å². The van der Waals surface area contributed by atoms with E-state index in [0.29, 0.717) is 50.1 Å². The van der Waals surface area contributed by atoms with E-state index in [9.17, 15) is 14.7 Å². The SMILES string of the molecule is C=CCOc1ccc(C2C(=C(O)c3ccc(OC)cc3)C(=O)C(=O)N2c2nnc(SCc3ccccc3Cl)s2)cc1OCC. The van der Waals surface area contributed by atoms with E-state index in [2.05, 4.69) is 16.8 Å². The summed E-state index contributed by atoms with van der Waals surface area (Å²) in [5.74, 6) is -0.0285. The summed E-state index contributed by atoms with van der Waals surface area (Å²) in [4.78, 5) is 28.5.